The summed E-state index contributed by atoms with van der Waals surface area (Å²) in [6.45, 7) is 1.42. The Kier molecular flexibility index (Phi) is 4.34. The highest BCUT2D eigenvalue weighted by Crippen LogP contribution is 2.38. The molecule has 0 N–H and O–H groups in total. The number of hydrogen-bond acceptors (Lipinski definition) is 3. The molecule has 27 heavy (non-hydrogen) atoms. The standard InChI is InChI=1S/C20H21F3N4/c1-25(2)16-8-9-26(12-16)18-11-14(20(21,22)23)10-17-19(18)27(13-24-17)15-6-4-3-5-7-15/h3-7,10-11,13,16H,8-9,12H2,1-2H3. The summed E-state index contributed by atoms with van der Waals surface area (Å²) in [6.07, 6.45) is -1.88. The van der Waals surface area contributed by atoms with E-state index in [4.69, 9.17) is 0 Å². The molecule has 142 valence electrons. The average Bonchev–Trinajstić information content (AvgIpc) is 3.28. The minimum atomic E-state index is -4.40. The molecule has 1 aliphatic rings. The molecule has 1 aromatic heterocycles. The van der Waals surface area contributed by atoms with Gasteiger partial charge >= 0.3 is 6.18 Å². The van der Waals surface area contributed by atoms with Gasteiger partial charge in [0.25, 0.3) is 0 Å². The van der Waals surface area contributed by atoms with Crippen LogP contribution in [0.1, 0.15) is 12.0 Å². The molecule has 2 heterocycles. The van der Waals surface area contributed by atoms with Crippen molar-refractivity contribution in [3.63, 3.8) is 0 Å². The van der Waals surface area contributed by atoms with Crippen molar-refractivity contribution in [2.45, 2.75) is 18.6 Å². The number of likely N-dealkylation sites (N-methyl/N-ethyl adjacent to an activating group) is 1. The van der Waals surface area contributed by atoms with Crippen LogP contribution in [0.3, 0.4) is 0 Å². The average molecular weight is 374 g/mol. The van der Waals surface area contributed by atoms with Crippen molar-refractivity contribution in [1.82, 2.24) is 14.5 Å². The summed E-state index contributed by atoms with van der Waals surface area (Å²) >= 11 is 0. The summed E-state index contributed by atoms with van der Waals surface area (Å²) < 4.78 is 42.2. The maximum Gasteiger partial charge on any atom is 0.416 e. The topological polar surface area (TPSA) is 24.3 Å². The molecular formula is C20H21F3N4. The molecule has 0 saturated carbocycles. The lowest BCUT2D eigenvalue weighted by Gasteiger charge is -2.24. The molecule has 1 unspecified atom stereocenters. The maximum atomic E-state index is 13.5. The monoisotopic (exact) mass is 374 g/mol. The quantitative estimate of drug-likeness (QED) is 0.687. The van der Waals surface area contributed by atoms with Gasteiger partial charge in [0.05, 0.1) is 22.3 Å². The van der Waals surface area contributed by atoms with E-state index in [2.05, 4.69) is 9.88 Å². The second-order valence-electron chi connectivity index (χ2n) is 7.16. The molecule has 1 atom stereocenters. The normalized spacial score (nSPS) is 18.0. The van der Waals surface area contributed by atoms with Crippen LogP contribution in [0.2, 0.25) is 0 Å². The number of halogens is 3. The number of hydrogen-bond donors (Lipinski definition) is 0. The summed E-state index contributed by atoms with van der Waals surface area (Å²) in [6, 6.07) is 12.3. The number of benzene rings is 2. The second-order valence-corrected chi connectivity index (χ2v) is 7.16. The van der Waals surface area contributed by atoms with Crippen LogP contribution in [0.5, 0.6) is 0 Å². The first-order valence-electron chi connectivity index (χ1n) is 8.89. The Labute approximate surface area is 155 Å². The Bertz CT molecular complexity index is 947. The van der Waals surface area contributed by atoms with Crippen LogP contribution >= 0.6 is 0 Å². The molecule has 0 bridgehead atoms. The first-order valence-corrected chi connectivity index (χ1v) is 8.89. The fraction of sp³-hybridized carbons (Fsp3) is 0.350. The molecule has 0 spiro atoms. The van der Waals surface area contributed by atoms with Crippen LogP contribution in [0.25, 0.3) is 16.7 Å². The number of para-hydroxylation sites is 1. The molecule has 1 saturated heterocycles. The first kappa shape index (κ1) is 17.9. The van der Waals surface area contributed by atoms with E-state index in [1.807, 2.05) is 53.9 Å². The van der Waals surface area contributed by atoms with Gasteiger partial charge in [-0.2, -0.15) is 13.2 Å². The molecule has 4 nitrogen and oxygen atoms in total. The van der Waals surface area contributed by atoms with Crippen molar-refractivity contribution in [3.05, 3.63) is 54.4 Å². The van der Waals surface area contributed by atoms with E-state index in [0.717, 1.165) is 24.7 Å². The third kappa shape index (κ3) is 3.27. The van der Waals surface area contributed by atoms with E-state index >= 15 is 0 Å². The zero-order chi connectivity index (χ0) is 19.2. The van der Waals surface area contributed by atoms with Crippen molar-refractivity contribution < 1.29 is 13.2 Å². The lowest BCUT2D eigenvalue weighted by molar-refractivity contribution is -0.137. The Morgan fingerprint density at radius 1 is 1.11 bits per heavy atom. The van der Waals surface area contributed by atoms with Crippen LogP contribution in [0, 0.1) is 0 Å². The molecule has 1 fully saturated rings. The maximum absolute atomic E-state index is 13.5. The zero-order valence-electron chi connectivity index (χ0n) is 15.2. The molecule has 3 aromatic rings. The number of aromatic nitrogens is 2. The third-order valence-electron chi connectivity index (χ3n) is 5.22. The molecule has 0 amide bonds. The summed E-state index contributed by atoms with van der Waals surface area (Å²) in [5.41, 5.74) is 1.89. The Morgan fingerprint density at radius 3 is 2.48 bits per heavy atom. The molecule has 0 radical (unpaired) electrons. The lowest BCUT2D eigenvalue weighted by Crippen LogP contribution is -2.31. The van der Waals surface area contributed by atoms with Crippen molar-refractivity contribution >= 4 is 16.7 Å². The summed E-state index contributed by atoms with van der Waals surface area (Å²) in [4.78, 5) is 8.45. The fourth-order valence-electron chi connectivity index (χ4n) is 3.70. The smallest absolute Gasteiger partial charge is 0.368 e. The van der Waals surface area contributed by atoms with E-state index in [-0.39, 0.29) is 0 Å². The van der Waals surface area contributed by atoms with Gasteiger partial charge in [-0.15, -0.1) is 0 Å². The summed E-state index contributed by atoms with van der Waals surface area (Å²) in [7, 11) is 4.01. The van der Waals surface area contributed by atoms with Gasteiger partial charge in [-0.25, -0.2) is 4.98 Å². The minimum Gasteiger partial charge on any atom is -0.368 e. The molecule has 4 rings (SSSR count). The van der Waals surface area contributed by atoms with Crippen LogP contribution in [0.4, 0.5) is 18.9 Å². The van der Waals surface area contributed by atoms with Crippen LogP contribution in [0.15, 0.2) is 48.8 Å². The van der Waals surface area contributed by atoms with E-state index in [0.29, 0.717) is 29.3 Å². The van der Waals surface area contributed by atoms with Crippen LogP contribution in [-0.4, -0.2) is 47.7 Å². The number of imidazole rings is 1. The number of rotatable bonds is 3. The Morgan fingerprint density at radius 2 is 1.85 bits per heavy atom. The molecule has 7 heteroatoms. The van der Waals surface area contributed by atoms with Gasteiger partial charge in [-0.3, -0.25) is 4.57 Å². The van der Waals surface area contributed by atoms with Crippen LogP contribution < -0.4 is 4.90 Å². The largest absolute Gasteiger partial charge is 0.416 e. The predicted molar refractivity (Wildman–Crippen MR) is 100 cm³/mol. The second kappa shape index (κ2) is 6.56. The van der Waals surface area contributed by atoms with Gasteiger partial charge in [0.1, 0.15) is 6.33 Å². The number of anilines is 1. The Hall–Kier alpha value is -2.54. The first-order chi connectivity index (χ1) is 12.8. The highest BCUT2D eigenvalue weighted by Gasteiger charge is 2.34. The zero-order valence-corrected chi connectivity index (χ0v) is 15.2. The molecule has 2 aromatic carbocycles. The summed E-state index contributed by atoms with van der Waals surface area (Å²) in [5.74, 6) is 0. The fourth-order valence-corrected chi connectivity index (χ4v) is 3.70. The number of alkyl halides is 3. The van der Waals surface area contributed by atoms with Gasteiger partial charge in [0, 0.05) is 24.8 Å². The van der Waals surface area contributed by atoms with E-state index in [1.165, 1.54) is 6.07 Å². The molecular weight excluding hydrogens is 353 g/mol. The van der Waals surface area contributed by atoms with E-state index in [9.17, 15) is 13.2 Å². The third-order valence-corrected chi connectivity index (χ3v) is 5.22. The van der Waals surface area contributed by atoms with Crippen molar-refractivity contribution in [1.29, 1.82) is 0 Å². The highest BCUT2D eigenvalue weighted by atomic mass is 19.4. The van der Waals surface area contributed by atoms with Gasteiger partial charge in [0.15, 0.2) is 0 Å². The molecule has 0 aliphatic carbocycles. The van der Waals surface area contributed by atoms with Gasteiger partial charge in [0.2, 0.25) is 0 Å². The lowest BCUT2D eigenvalue weighted by atomic mass is 10.1. The summed E-state index contributed by atoms with van der Waals surface area (Å²) in [5, 5.41) is 0. The van der Waals surface area contributed by atoms with Gasteiger partial charge in [-0.1, -0.05) is 18.2 Å². The van der Waals surface area contributed by atoms with Crippen LogP contribution in [-0.2, 0) is 6.18 Å². The van der Waals surface area contributed by atoms with Crippen molar-refractivity contribution in [3.8, 4) is 5.69 Å². The predicted octanol–water partition coefficient (Wildman–Crippen LogP) is 4.18. The highest BCUT2D eigenvalue weighted by molar-refractivity contribution is 5.91. The SMILES string of the molecule is CN(C)C1CCN(c2cc(C(F)(F)F)cc3ncn(-c4ccccc4)c23)C1. The van der Waals surface area contributed by atoms with E-state index < -0.39 is 11.7 Å². The minimum absolute atomic E-state index is 0.322. The molecule has 1 aliphatic heterocycles. The number of nitrogens with zero attached hydrogens (tertiary/aromatic N) is 4. The van der Waals surface area contributed by atoms with Gasteiger partial charge < -0.3 is 9.80 Å². The Balaban J connectivity index is 1.89. The number of fused-ring (bicyclic) bond motifs is 1. The van der Waals surface area contributed by atoms with Crippen molar-refractivity contribution in [2.24, 2.45) is 0 Å². The van der Waals surface area contributed by atoms with Crippen molar-refractivity contribution in [2.75, 3.05) is 32.1 Å². The van der Waals surface area contributed by atoms with E-state index in [1.54, 1.807) is 6.33 Å². The van der Waals surface area contributed by atoms with Gasteiger partial charge in [-0.05, 0) is 44.8 Å².